The molecule has 0 atom stereocenters. The number of piperidine rings is 1. The molecular weight excluding hydrogens is 400 g/mol. The van der Waals surface area contributed by atoms with Gasteiger partial charge in [-0.2, -0.15) is 5.10 Å². The zero-order valence-corrected chi connectivity index (χ0v) is 18.2. The first-order valence-electron chi connectivity index (χ1n) is 10.5. The van der Waals surface area contributed by atoms with Crippen molar-refractivity contribution in [2.75, 3.05) is 31.6 Å². The standard InChI is InChI=1S/C22H30N4O5/c1-15(2)13-31-21(27)24-17-4-5-20(18(12-17)19-6-9-23-25(19)3)30-14-16-7-10-26(11-8-16)22(28)29/h4-6,9,12,15-16H,7-8,10-11,13-14H2,1-3H3,(H,24,27)(H,28,29). The van der Waals surface area contributed by atoms with Crippen LogP contribution in [0.25, 0.3) is 11.3 Å². The lowest BCUT2D eigenvalue weighted by Gasteiger charge is -2.30. The minimum Gasteiger partial charge on any atom is -0.493 e. The Morgan fingerprint density at radius 3 is 2.61 bits per heavy atom. The molecule has 2 N–H and O–H groups in total. The molecule has 9 nitrogen and oxygen atoms in total. The third-order valence-electron chi connectivity index (χ3n) is 5.23. The third kappa shape index (κ3) is 6.13. The molecule has 1 saturated heterocycles. The summed E-state index contributed by atoms with van der Waals surface area (Å²) in [6.07, 6.45) is 1.89. The average Bonchev–Trinajstić information content (AvgIpc) is 3.17. The highest BCUT2D eigenvalue weighted by molar-refractivity contribution is 5.86. The van der Waals surface area contributed by atoms with Gasteiger partial charge < -0.3 is 19.5 Å². The number of carbonyl (C=O) groups excluding carboxylic acids is 1. The quantitative estimate of drug-likeness (QED) is 0.686. The van der Waals surface area contributed by atoms with Gasteiger partial charge in [-0.1, -0.05) is 13.8 Å². The number of ether oxygens (including phenoxy) is 2. The SMILES string of the molecule is CC(C)COC(=O)Nc1ccc(OCC2CCN(C(=O)O)CC2)c(-c2ccnn2C)c1. The van der Waals surface area contributed by atoms with E-state index in [1.807, 2.05) is 39.1 Å². The third-order valence-corrected chi connectivity index (χ3v) is 5.23. The van der Waals surface area contributed by atoms with Crippen LogP contribution in [0.5, 0.6) is 5.75 Å². The largest absolute Gasteiger partial charge is 0.493 e. The molecule has 2 aromatic rings. The van der Waals surface area contributed by atoms with Crippen LogP contribution in [0.4, 0.5) is 15.3 Å². The number of anilines is 1. The van der Waals surface area contributed by atoms with E-state index in [4.69, 9.17) is 14.6 Å². The molecule has 1 aromatic carbocycles. The van der Waals surface area contributed by atoms with Gasteiger partial charge in [0.15, 0.2) is 0 Å². The second kappa shape index (κ2) is 10.2. The summed E-state index contributed by atoms with van der Waals surface area (Å²) in [5.41, 5.74) is 2.27. The lowest BCUT2D eigenvalue weighted by molar-refractivity contribution is 0.112. The Kier molecular flexibility index (Phi) is 7.38. The molecule has 0 aliphatic carbocycles. The monoisotopic (exact) mass is 430 g/mol. The zero-order chi connectivity index (χ0) is 22.4. The molecule has 0 radical (unpaired) electrons. The molecule has 0 unspecified atom stereocenters. The number of likely N-dealkylation sites (tertiary alicyclic amines) is 1. The summed E-state index contributed by atoms with van der Waals surface area (Å²) in [5.74, 6) is 1.23. The molecule has 0 bridgehead atoms. The van der Waals surface area contributed by atoms with Gasteiger partial charge in [-0.15, -0.1) is 0 Å². The molecule has 0 saturated carbocycles. The first kappa shape index (κ1) is 22.5. The van der Waals surface area contributed by atoms with Crippen LogP contribution < -0.4 is 10.1 Å². The van der Waals surface area contributed by atoms with Crippen LogP contribution in [0.1, 0.15) is 26.7 Å². The molecule has 0 spiro atoms. The number of carbonyl (C=O) groups is 2. The van der Waals surface area contributed by atoms with Gasteiger partial charge in [-0.25, -0.2) is 9.59 Å². The fraction of sp³-hybridized carbons (Fsp3) is 0.500. The number of rotatable bonds is 7. The zero-order valence-electron chi connectivity index (χ0n) is 18.2. The van der Waals surface area contributed by atoms with Gasteiger partial charge >= 0.3 is 12.2 Å². The topological polar surface area (TPSA) is 106 Å². The highest BCUT2D eigenvalue weighted by atomic mass is 16.5. The summed E-state index contributed by atoms with van der Waals surface area (Å²) < 4.78 is 13.1. The molecule has 3 rings (SSSR count). The average molecular weight is 431 g/mol. The number of carboxylic acid groups (broad SMARTS) is 1. The first-order valence-corrected chi connectivity index (χ1v) is 10.5. The Bertz CT molecular complexity index is 903. The van der Waals surface area contributed by atoms with E-state index in [1.165, 1.54) is 4.90 Å². The van der Waals surface area contributed by atoms with Gasteiger partial charge in [0.2, 0.25) is 0 Å². The molecule has 168 valence electrons. The van der Waals surface area contributed by atoms with E-state index in [0.29, 0.717) is 43.7 Å². The van der Waals surface area contributed by atoms with Crippen LogP contribution in [0, 0.1) is 11.8 Å². The predicted octanol–water partition coefficient (Wildman–Crippen LogP) is 4.06. The second-order valence-electron chi connectivity index (χ2n) is 8.19. The minimum atomic E-state index is -0.868. The van der Waals surface area contributed by atoms with Gasteiger partial charge in [0.05, 0.1) is 18.9 Å². The summed E-state index contributed by atoms with van der Waals surface area (Å²) in [5, 5.41) is 16.1. The number of hydrogen-bond donors (Lipinski definition) is 2. The molecule has 2 amide bonds. The summed E-state index contributed by atoms with van der Waals surface area (Å²) >= 11 is 0. The van der Waals surface area contributed by atoms with E-state index >= 15 is 0 Å². The van der Waals surface area contributed by atoms with Crippen molar-refractivity contribution < 1.29 is 24.2 Å². The molecule has 1 fully saturated rings. The Balaban J connectivity index is 1.70. The normalized spacial score (nSPS) is 14.5. The maximum absolute atomic E-state index is 12.0. The van der Waals surface area contributed by atoms with Gasteiger partial charge in [0.1, 0.15) is 5.75 Å². The summed E-state index contributed by atoms with van der Waals surface area (Å²) in [6, 6.07) is 7.33. The number of hydrogen-bond acceptors (Lipinski definition) is 5. The molecule has 1 aromatic heterocycles. The van der Waals surface area contributed by atoms with E-state index in [-0.39, 0.29) is 5.92 Å². The molecule has 9 heteroatoms. The number of aryl methyl sites for hydroxylation is 1. The Labute approximate surface area is 181 Å². The van der Waals surface area contributed by atoms with E-state index in [2.05, 4.69) is 10.4 Å². The Hall–Kier alpha value is -3.23. The lowest BCUT2D eigenvalue weighted by Crippen LogP contribution is -2.38. The van der Waals surface area contributed by atoms with E-state index in [0.717, 1.165) is 24.1 Å². The highest BCUT2D eigenvalue weighted by Crippen LogP contribution is 2.33. The van der Waals surface area contributed by atoms with Crippen molar-refractivity contribution in [2.24, 2.45) is 18.9 Å². The van der Waals surface area contributed by atoms with Gasteiger partial charge in [-0.05, 0) is 48.9 Å². The van der Waals surface area contributed by atoms with Crippen molar-refractivity contribution in [3.63, 3.8) is 0 Å². The van der Waals surface area contributed by atoms with Crippen LogP contribution in [0.15, 0.2) is 30.5 Å². The van der Waals surface area contributed by atoms with Crippen molar-refractivity contribution in [2.45, 2.75) is 26.7 Å². The molecule has 31 heavy (non-hydrogen) atoms. The number of nitrogens with one attached hydrogen (secondary N) is 1. The van der Waals surface area contributed by atoms with E-state index < -0.39 is 12.2 Å². The fourth-order valence-corrected chi connectivity index (χ4v) is 3.47. The summed E-state index contributed by atoms with van der Waals surface area (Å²) in [6.45, 7) is 5.86. The van der Waals surface area contributed by atoms with Crippen molar-refractivity contribution in [1.82, 2.24) is 14.7 Å². The smallest absolute Gasteiger partial charge is 0.411 e. The van der Waals surface area contributed by atoms with Crippen LogP contribution >= 0.6 is 0 Å². The van der Waals surface area contributed by atoms with Crippen molar-refractivity contribution in [3.8, 4) is 17.0 Å². The van der Waals surface area contributed by atoms with E-state index in [1.54, 1.807) is 16.9 Å². The van der Waals surface area contributed by atoms with Gasteiger partial charge in [0.25, 0.3) is 0 Å². The minimum absolute atomic E-state index is 0.258. The van der Waals surface area contributed by atoms with Crippen molar-refractivity contribution >= 4 is 17.9 Å². The molecular formula is C22H30N4O5. The van der Waals surface area contributed by atoms with Crippen LogP contribution in [-0.4, -0.2) is 58.3 Å². The number of nitrogens with zero attached hydrogens (tertiary/aromatic N) is 3. The van der Waals surface area contributed by atoms with Crippen LogP contribution in [0.3, 0.4) is 0 Å². The molecule has 1 aliphatic heterocycles. The highest BCUT2D eigenvalue weighted by Gasteiger charge is 2.23. The van der Waals surface area contributed by atoms with Crippen molar-refractivity contribution in [3.05, 3.63) is 30.5 Å². The molecule has 1 aliphatic rings. The Morgan fingerprint density at radius 1 is 1.26 bits per heavy atom. The molecule has 2 heterocycles. The van der Waals surface area contributed by atoms with Crippen LogP contribution in [-0.2, 0) is 11.8 Å². The summed E-state index contributed by atoms with van der Waals surface area (Å²) in [7, 11) is 1.84. The number of benzene rings is 1. The maximum Gasteiger partial charge on any atom is 0.411 e. The second-order valence-corrected chi connectivity index (χ2v) is 8.19. The van der Waals surface area contributed by atoms with Crippen molar-refractivity contribution in [1.29, 1.82) is 0 Å². The Morgan fingerprint density at radius 2 is 2.00 bits per heavy atom. The number of amides is 2. The van der Waals surface area contributed by atoms with Crippen LogP contribution in [0.2, 0.25) is 0 Å². The van der Waals surface area contributed by atoms with E-state index in [9.17, 15) is 9.59 Å². The summed E-state index contributed by atoms with van der Waals surface area (Å²) in [4.78, 5) is 24.6. The predicted molar refractivity (Wildman–Crippen MR) is 116 cm³/mol. The van der Waals surface area contributed by atoms with Gasteiger partial charge in [0, 0.05) is 37.6 Å². The number of aromatic nitrogens is 2. The van der Waals surface area contributed by atoms with Gasteiger partial charge in [-0.3, -0.25) is 10.00 Å². The fourth-order valence-electron chi connectivity index (χ4n) is 3.47. The lowest BCUT2D eigenvalue weighted by atomic mass is 9.98. The first-order chi connectivity index (χ1) is 14.8. The maximum atomic E-state index is 12.0.